The first-order valence-corrected chi connectivity index (χ1v) is 14.8. The Morgan fingerprint density at radius 3 is 1.27 bits per heavy atom. The van der Waals surface area contributed by atoms with Crippen molar-refractivity contribution in [2.24, 2.45) is 0 Å². The Bertz CT molecular complexity index is 633. The Balaban J connectivity index is 0.000000281. The van der Waals surface area contributed by atoms with Crippen molar-refractivity contribution in [3.63, 3.8) is 0 Å². The van der Waals surface area contributed by atoms with Crippen LogP contribution in [0.4, 0.5) is 0 Å². The topological polar surface area (TPSA) is 64.6 Å². The van der Waals surface area contributed by atoms with Crippen LogP contribution in [-0.2, 0) is 20.9 Å². The number of hydrogen-bond donors (Lipinski definition) is 0. The molecule has 2 fully saturated rings. The molecule has 0 saturated carbocycles. The van der Waals surface area contributed by atoms with E-state index in [1.807, 2.05) is 60.7 Å². The van der Waals surface area contributed by atoms with Crippen molar-refractivity contribution in [3.8, 4) is 0 Å². The molecule has 0 aromatic heterocycles. The second kappa shape index (κ2) is 15.8. The van der Waals surface area contributed by atoms with Crippen molar-refractivity contribution in [2.45, 2.75) is 49.9 Å². The summed E-state index contributed by atoms with van der Waals surface area (Å²) in [6.07, 6.45) is 4.24. The van der Waals surface area contributed by atoms with Crippen molar-refractivity contribution in [1.29, 1.82) is 0 Å². The molecule has 2 aliphatic heterocycles. The Morgan fingerprint density at radius 2 is 0.967 bits per heavy atom. The van der Waals surface area contributed by atoms with Crippen LogP contribution in [0, 0.1) is 0 Å². The van der Waals surface area contributed by atoms with Gasteiger partial charge in [0.05, 0.1) is 0 Å². The summed E-state index contributed by atoms with van der Waals surface area (Å²) in [5, 5.41) is 0. The van der Waals surface area contributed by atoms with Gasteiger partial charge in [0.1, 0.15) is 17.1 Å². The maximum absolute atomic E-state index is 12.2. The van der Waals surface area contributed by atoms with Crippen molar-refractivity contribution >= 4 is 17.1 Å². The van der Waals surface area contributed by atoms with Crippen molar-refractivity contribution in [1.82, 2.24) is 0 Å². The van der Waals surface area contributed by atoms with Gasteiger partial charge in [0, 0.05) is 13.2 Å². The van der Waals surface area contributed by atoms with Gasteiger partial charge in [0.2, 0.25) is 0 Å². The zero-order chi connectivity index (χ0) is 19.7. The van der Waals surface area contributed by atoms with Crippen LogP contribution in [0.2, 0.25) is 12.1 Å². The van der Waals surface area contributed by atoms with Crippen LogP contribution in [0.3, 0.4) is 0 Å². The van der Waals surface area contributed by atoms with Gasteiger partial charge in [0.25, 0.3) is 0 Å². The van der Waals surface area contributed by atoms with Gasteiger partial charge in [-0.2, -0.15) is 0 Å². The van der Waals surface area contributed by atoms with Gasteiger partial charge in [-0.3, -0.25) is 0 Å². The van der Waals surface area contributed by atoms with Crippen LogP contribution in [0.25, 0.3) is 0 Å². The summed E-state index contributed by atoms with van der Waals surface area (Å²) in [6, 6.07) is 22.8. The fourth-order valence-electron chi connectivity index (χ4n) is 3.75. The third kappa shape index (κ3) is 10.9. The molecular weight excluding hydrogens is 463 g/mol. The first-order valence-electron chi connectivity index (χ1n) is 10.3. The van der Waals surface area contributed by atoms with E-state index in [0.29, 0.717) is 25.3 Å². The van der Waals surface area contributed by atoms with E-state index in [2.05, 4.69) is 0 Å². The molecule has 152 valence electrons. The summed E-state index contributed by atoms with van der Waals surface area (Å²) in [6.45, 7) is 1.37. The maximum atomic E-state index is 12.2. The summed E-state index contributed by atoms with van der Waals surface area (Å²) in [4.78, 5) is 24.4. The number of benzene rings is 2. The van der Waals surface area contributed by atoms with E-state index in [9.17, 15) is 9.59 Å². The van der Waals surface area contributed by atoms with Crippen LogP contribution >= 0.6 is 0 Å². The molecule has 2 atom stereocenters. The second-order valence-electron chi connectivity index (χ2n) is 7.76. The molecule has 0 N–H and O–H groups in total. The van der Waals surface area contributed by atoms with Crippen LogP contribution in [0.15, 0.2) is 60.7 Å². The summed E-state index contributed by atoms with van der Waals surface area (Å²) in [5.74, 6) is 0. The molecule has 2 aliphatic rings. The van der Waals surface area contributed by atoms with Gasteiger partial charge in [-0.15, -0.1) is 0 Å². The zero-order valence-electron chi connectivity index (χ0n) is 18.5. The third-order valence-corrected chi connectivity index (χ3v) is 10.9. The van der Waals surface area contributed by atoms with Crippen LogP contribution < -0.4 is 112 Å². The monoisotopic (exact) mass is 492 g/mol. The van der Waals surface area contributed by atoms with E-state index in [4.69, 9.17) is 8.85 Å². The van der Waals surface area contributed by atoms with E-state index in [-0.39, 0.29) is 103 Å². The predicted octanol–water partition coefficient (Wildman–Crippen LogP) is -3.23. The van der Waals surface area contributed by atoms with Crippen molar-refractivity contribution < 1.29 is 121 Å². The molecule has 0 amide bonds. The van der Waals surface area contributed by atoms with Gasteiger partial charge in [-0.05, 0) is 48.1 Å². The molecule has 2 saturated heterocycles. The normalized spacial score (nSPS) is 25.7. The molecule has 2 aromatic carbocycles. The minimum Gasteiger partial charge on any atom is -0.838 e. The Kier molecular flexibility index (Phi) is 15.8. The van der Waals surface area contributed by atoms with Crippen LogP contribution in [0.5, 0.6) is 0 Å². The summed E-state index contributed by atoms with van der Waals surface area (Å²) >= 11 is 0. The molecule has 0 bridgehead atoms. The fraction of sp³-hybridized carbons (Fsp3) is 0.455. The van der Waals surface area contributed by atoms with E-state index in [1.54, 1.807) is 0 Å². The minimum absolute atomic E-state index is 0. The summed E-state index contributed by atoms with van der Waals surface area (Å²) < 4.78 is 10.9. The van der Waals surface area contributed by atoms with E-state index < -0.39 is 17.1 Å². The van der Waals surface area contributed by atoms with Crippen LogP contribution in [0.1, 0.15) is 36.8 Å². The smallest absolute Gasteiger partial charge is 0.838 e. The minimum atomic E-state index is -2.63. The molecular formula is C22H30K2O4Si2. The van der Waals surface area contributed by atoms with Gasteiger partial charge in [-0.25, -0.2) is 0 Å². The largest absolute Gasteiger partial charge is 1.00 e. The summed E-state index contributed by atoms with van der Waals surface area (Å²) in [7, 11) is -5.25. The fourth-order valence-corrected chi connectivity index (χ4v) is 8.92. The molecule has 30 heavy (non-hydrogen) atoms. The molecule has 2 unspecified atom stereocenters. The van der Waals surface area contributed by atoms with E-state index in [0.717, 1.165) is 48.9 Å². The SMILES string of the molecule is [K+].[K+].[O-][Si]1(Cc2ccccc2)CCCCO1.[O-][Si]1(Cc2ccccc2)CCCCO1. The van der Waals surface area contributed by atoms with E-state index >= 15 is 0 Å². The molecule has 8 heteroatoms. The molecule has 0 aliphatic carbocycles. The third-order valence-electron chi connectivity index (χ3n) is 5.27. The summed E-state index contributed by atoms with van der Waals surface area (Å²) in [5.41, 5.74) is 2.27. The van der Waals surface area contributed by atoms with E-state index in [1.165, 1.54) is 0 Å². The van der Waals surface area contributed by atoms with Crippen molar-refractivity contribution in [3.05, 3.63) is 71.8 Å². The first kappa shape index (κ1) is 30.0. The van der Waals surface area contributed by atoms with Crippen molar-refractivity contribution in [2.75, 3.05) is 13.2 Å². The predicted molar refractivity (Wildman–Crippen MR) is 112 cm³/mol. The molecule has 0 spiro atoms. The standard InChI is InChI=1S/2C11H15O2Si.2K/c2*12-14(9-5-4-8-13-14)10-11-6-2-1-3-7-11;;/h2*1-3,6-7H,4-5,8-10H2;;/q2*-1;2*+1. The molecule has 0 radical (unpaired) electrons. The number of rotatable bonds is 4. The van der Waals surface area contributed by atoms with Gasteiger partial charge in [0.15, 0.2) is 0 Å². The van der Waals surface area contributed by atoms with Gasteiger partial charge in [-0.1, -0.05) is 73.5 Å². The zero-order valence-corrected chi connectivity index (χ0v) is 26.7. The molecule has 4 rings (SSSR count). The molecule has 4 nitrogen and oxygen atoms in total. The Labute approximate surface area is 268 Å². The molecule has 2 aromatic rings. The second-order valence-corrected chi connectivity index (χ2v) is 13.7. The average Bonchev–Trinajstić information content (AvgIpc) is 2.70. The maximum Gasteiger partial charge on any atom is 1.00 e. The molecule has 2 heterocycles. The number of hydrogen-bond acceptors (Lipinski definition) is 4. The van der Waals surface area contributed by atoms with Crippen LogP contribution in [-0.4, -0.2) is 30.3 Å². The quantitative estimate of drug-likeness (QED) is 0.421. The van der Waals surface area contributed by atoms with Gasteiger partial charge >= 0.3 is 103 Å². The first-order chi connectivity index (χ1) is 13.6. The van der Waals surface area contributed by atoms with Gasteiger partial charge < -0.3 is 18.4 Å². The average molecular weight is 493 g/mol. The Hall–Kier alpha value is 1.99. The Morgan fingerprint density at radius 1 is 0.600 bits per heavy atom.